The highest BCUT2D eigenvalue weighted by molar-refractivity contribution is 6.37. The minimum atomic E-state index is -4.95. The Morgan fingerprint density at radius 2 is 1.64 bits per heavy atom. The lowest BCUT2D eigenvalue weighted by molar-refractivity contribution is -0.121. The third-order valence-corrected chi connectivity index (χ3v) is 6.29. The Balaban J connectivity index is 1.86. The van der Waals surface area contributed by atoms with Gasteiger partial charge in [0.05, 0.1) is 22.0 Å². The molecule has 36 heavy (non-hydrogen) atoms. The number of nitrogens with one attached hydrogen (secondary N) is 3. The topological polar surface area (TPSA) is 80.6 Å². The molecular formula is C24H19Cl3F3N5O. The predicted molar refractivity (Wildman–Crippen MR) is 137 cm³/mol. The van der Waals surface area contributed by atoms with Gasteiger partial charge in [-0.25, -0.2) is 10.0 Å². The van der Waals surface area contributed by atoms with Crippen LogP contribution < -0.4 is 10.7 Å². The van der Waals surface area contributed by atoms with Crippen LogP contribution in [0.3, 0.4) is 0 Å². The van der Waals surface area contributed by atoms with Crippen molar-refractivity contribution >= 4 is 63.6 Å². The fourth-order valence-electron chi connectivity index (χ4n) is 3.76. The monoisotopic (exact) mass is 555 g/mol. The number of amides is 1. The molecule has 6 nitrogen and oxygen atoms in total. The van der Waals surface area contributed by atoms with Crippen LogP contribution in [0.25, 0.3) is 5.70 Å². The summed E-state index contributed by atoms with van der Waals surface area (Å²) in [4.78, 5) is 16.5. The van der Waals surface area contributed by atoms with Crippen LogP contribution in [0.1, 0.15) is 18.4 Å². The standard InChI is InChI=1S/C24H19Cl3F3N5O/c25-14-5-3-13(4-6-14)20(32-19-8-7-15(26)11-18(19)27)16-12-17(21(24(28,29)30)33-22(16)31)23(36)34-35-9-1-2-10-35/h3-8,11-12,31-32H,1-2,9-10H2,(H,34,36)/b20-16-,31-22?. The van der Waals surface area contributed by atoms with Gasteiger partial charge in [0.25, 0.3) is 5.91 Å². The van der Waals surface area contributed by atoms with Crippen molar-refractivity contribution in [3.63, 3.8) is 0 Å². The van der Waals surface area contributed by atoms with Crippen molar-refractivity contribution in [2.45, 2.75) is 19.0 Å². The largest absolute Gasteiger partial charge is 0.434 e. The molecule has 2 aliphatic rings. The molecule has 1 amide bonds. The molecule has 0 aromatic heterocycles. The van der Waals surface area contributed by atoms with Gasteiger partial charge in [-0.2, -0.15) is 13.2 Å². The maximum atomic E-state index is 13.8. The minimum absolute atomic E-state index is 0.0390. The van der Waals surface area contributed by atoms with Crippen LogP contribution in [0, 0.1) is 5.41 Å². The lowest BCUT2D eigenvalue weighted by Crippen LogP contribution is -2.44. The van der Waals surface area contributed by atoms with E-state index in [0.717, 1.165) is 18.9 Å². The summed E-state index contributed by atoms with van der Waals surface area (Å²) in [6.07, 6.45) is -2.28. The van der Waals surface area contributed by atoms with Crippen LogP contribution in [0.5, 0.6) is 0 Å². The molecule has 0 unspecified atom stereocenters. The van der Waals surface area contributed by atoms with Gasteiger partial charge in [0.15, 0.2) is 11.5 Å². The van der Waals surface area contributed by atoms with Crippen LogP contribution in [0.15, 0.2) is 64.7 Å². The van der Waals surface area contributed by atoms with Gasteiger partial charge in [-0.1, -0.05) is 46.9 Å². The molecule has 1 fully saturated rings. The summed E-state index contributed by atoms with van der Waals surface area (Å²) in [6, 6.07) is 11.1. The van der Waals surface area contributed by atoms with Crippen molar-refractivity contribution in [3.05, 3.63) is 80.3 Å². The van der Waals surface area contributed by atoms with Crippen LogP contribution in [-0.4, -0.2) is 41.7 Å². The molecule has 2 aliphatic heterocycles. The molecule has 4 rings (SSSR count). The zero-order valence-electron chi connectivity index (χ0n) is 18.5. The molecule has 0 bridgehead atoms. The van der Waals surface area contributed by atoms with Gasteiger partial charge in [0.2, 0.25) is 0 Å². The summed E-state index contributed by atoms with van der Waals surface area (Å²) < 4.78 is 41.5. The Bertz CT molecular complexity index is 1300. The highest BCUT2D eigenvalue weighted by Crippen LogP contribution is 2.34. The number of alkyl halides is 3. The van der Waals surface area contributed by atoms with E-state index in [1.807, 2.05) is 0 Å². The average Bonchev–Trinajstić information content (AvgIpc) is 3.32. The summed E-state index contributed by atoms with van der Waals surface area (Å²) in [6.45, 7) is 1.06. The van der Waals surface area contributed by atoms with Crippen molar-refractivity contribution in [3.8, 4) is 0 Å². The molecule has 1 saturated heterocycles. The summed E-state index contributed by atoms with van der Waals surface area (Å²) in [5.41, 5.74) is 1.41. The number of carbonyl (C=O) groups excluding carboxylic acids is 1. The first kappa shape index (κ1) is 26.2. The van der Waals surface area contributed by atoms with Crippen molar-refractivity contribution in [1.82, 2.24) is 10.4 Å². The Labute approximate surface area is 219 Å². The van der Waals surface area contributed by atoms with Crippen molar-refractivity contribution < 1.29 is 18.0 Å². The van der Waals surface area contributed by atoms with Gasteiger partial charge in [-0.3, -0.25) is 15.6 Å². The van der Waals surface area contributed by atoms with E-state index < -0.39 is 29.2 Å². The average molecular weight is 557 g/mol. The van der Waals surface area contributed by atoms with Crippen molar-refractivity contribution in [2.75, 3.05) is 18.4 Å². The van der Waals surface area contributed by atoms with Crippen LogP contribution in [-0.2, 0) is 4.79 Å². The molecule has 0 saturated carbocycles. The summed E-state index contributed by atoms with van der Waals surface area (Å²) in [7, 11) is 0. The van der Waals surface area contributed by atoms with Gasteiger partial charge in [0.1, 0.15) is 0 Å². The van der Waals surface area contributed by atoms with Crippen molar-refractivity contribution in [1.29, 1.82) is 5.41 Å². The molecule has 0 spiro atoms. The summed E-state index contributed by atoms with van der Waals surface area (Å²) >= 11 is 18.3. The predicted octanol–water partition coefficient (Wildman–Crippen LogP) is 6.52. The number of aliphatic imine (C=N–C) groups is 1. The number of benzene rings is 2. The van der Waals surface area contributed by atoms with Crippen molar-refractivity contribution in [2.24, 2.45) is 4.99 Å². The SMILES string of the molecule is N=C1N=C(C(F)(F)F)C(C(=O)NN2CCCC2)=C/C1=C(/Nc1ccc(Cl)cc1Cl)c1ccc(Cl)cc1. The number of nitrogens with zero attached hydrogens (tertiary/aromatic N) is 2. The van der Waals surface area contributed by atoms with E-state index in [0.29, 0.717) is 34.4 Å². The number of hydrogen-bond acceptors (Lipinski definition) is 4. The Kier molecular flexibility index (Phi) is 7.75. The maximum Gasteiger partial charge on any atom is 0.434 e. The van der Waals surface area contributed by atoms with E-state index in [2.05, 4.69) is 15.7 Å². The van der Waals surface area contributed by atoms with Crippen LogP contribution >= 0.6 is 34.8 Å². The van der Waals surface area contributed by atoms with E-state index in [4.69, 9.17) is 40.2 Å². The zero-order chi connectivity index (χ0) is 26.0. The quantitative estimate of drug-likeness (QED) is 0.392. The number of dihydropyridines is 1. The number of carbonyl (C=O) groups is 1. The number of rotatable bonds is 5. The smallest absolute Gasteiger partial charge is 0.353 e. The summed E-state index contributed by atoms with van der Waals surface area (Å²) in [5, 5.41) is 14.0. The van der Waals surface area contributed by atoms with E-state index in [1.165, 1.54) is 6.07 Å². The molecule has 12 heteroatoms. The second-order valence-corrected chi connectivity index (χ2v) is 9.32. The first-order valence-corrected chi connectivity index (χ1v) is 11.9. The molecule has 3 N–H and O–H groups in total. The second kappa shape index (κ2) is 10.6. The molecule has 188 valence electrons. The van der Waals surface area contributed by atoms with Gasteiger partial charge in [0, 0.05) is 28.7 Å². The fourth-order valence-corrected chi connectivity index (χ4v) is 4.34. The Hall–Kier alpha value is -2.85. The fraction of sp³-hybridized carbons (Fsp3) is 0.208. The van der Waals surface area contributed by atoms with Gasteiger partial charge in [-0.15, -0.1) is 0 Å². The third kappa shape index (κ3) is 5.92. The number of hydrazine groups is 1. The zero-order valence-corrected chi connectivity index (χ0v) is 20.8. The Morgan fingerprint density at radius 1 is 1.00 bits per heavy atom. The number of halogens is 6. The molecule has 2 aromatic carbocycles. The maximum absolute atomic E-state index is 13.8. The van der Waals surface area contributed by atoms with E-state index in [-0.39, 0.29) is 16.3 Å². The molecule has 0 atom stereocenters. The van der Waals surface area contributed by atoms with Gasteiger partial charge < -0.3 is 5.32 Å². The lowest BCUT2D eigenvalue weighted by atomic mass is 9.97. The third-order valence-electron chi connectivity index (χ3n) is 5.49. The highest BCUT2D eigenvalue weighted by Gasteiger charge is 2.43. The molecule has 0 radical (unpaired) electrons. The van der Waals surface area contributed by atoms with Crippen LogP contribution in [0.2, 0.25) is 15.1 Å². The second-order valence-electron chi connectivity index (χ2n) is 8.04. The Morgan fingerprint density at radius 3 is 2.25 bits per heavy atom. The van der Waals surface area contributed by atoms with Gasteiger partial charge >= 0.3 is 6.18 Å². The van der Waals surface area contributed by atoms with E-state index >= 15 is 0 Å². The first-order valence-electron chi connectivity index (χ1n) is 10.8. The lowest BCUT2D eigenvalue weighted by Gasteiger charge is -2.24. The molecule has 2 heterocycles. The minimum Gasteiger partial charge on any atom is -0.353 e. The number of anilines is 1. The van der Waals surface area contributed by atoms with Gasteiger partial charge in [-0.05, 0) is 54.8 Å². The van der Waals surface area contributed by atoms with E-state index in [9.17, 15) is 18.0 Å². The first-order chi connectivity index (χ1) is 17.0. The number of hydrogen-bond donors (Lipinski definition) is 3. The molecule has 0 aliphatic carbocycles. The number of amidine groups is 1. The molecule has 2 aromatic rings. The van der Waals surface area contributed by atoms with E-state index in [1.54, 1.807) is 41.4 Å². The van der Waals surface area contributed by atoms with Crippen LogP contribution in [0.4, 0.5) is 18.9 Å². The normalized spacial score (nSPS) is 18.0. The highest BCUT2D eigenvalue weighted by atomic mass is 35.5. The molecular weight excluding hydrogens is 538 g/mol. The summed E-state index contributed by atoms with van der Waals surface area (Å²) in [5.74, 6) is -1.64.